The summed E-state index contributed by atoms with van der Waals surface area (Å²) in [6.07, 6.45) is 1.49. The van der Waals surface area contributed by atoms with Gasteiger partial charge in [0, 0.05) is 31.5 Å². The normalized spacial score (nSPS) is 14.8. The van der Waals surface area contributed by atoms with Crippen molar-refractivity contribution in [3.8, 4) is 0 Å². The standard InChI is InChI=1S/C15H18N2O3/c1-2-11-5-3-4-6-12(11)16-13(18)9-10-17-14(19)7-8-15(17)20/h3-6H,2,7-10H2,1H3,(H,16,18). The highest BCUT2D eigenvalue weighted by molar-refractivity contribution is 6.02. The van der Waals surface area contributed by atoms with Gasteiger partial charge in [-0.3, -0.25) is 19.3 Å². The predicted octanol–water partition coefficient (Wildman–Crippen LogP) is 1.73. The van der Waals surface area contributed by atoms with Crippen LogP contribution in [0.4, 0.5) is 5.69 Å². The average molecular weight is 274 g/mol. The summed E-state index contributed by atoms with van der Waals surface area (Å²) < 4.78 is 0. The van der Waals surface area contributed by atoms with Gasteiger partial charge < -0.3 is 5.32 Å². The maximum atomic E-state index is 11.9. The molecule has 2 rings (SSSR count). The van der Waals surface area contributed by atoms with Crippen molar-refractivity contribution in [3.05, 3.63) is 29.8 Å². The fourth-order valence-corrected chi connectivity index (χ4v) is 2.25. The summed E-state index contributed by atoms with van der Waals surface area (Å²) in [5, 5.41) is 2.83. The van der Waals surface area contributed by atoms with Gasteiger partial charge in [-0.25, -0.2) is 0 Å². The Labute approximate surface area is 118 Å². The molecular weight excluding hydrogens is 256 g/mol. The third-order valence-electron chi connectivity index (χ3n) is 3.39. The first-order chi connectivity index (χ1) is 9.61. The van der Waals surface area contributed by atoms with Gasteiger partial charge in [0.05, 0.1) is 0 Å². The van der Waals surface area contributed by atoms with Crippen LogP contribution in [-0.2, 0) is 20.8 Å². The molecule has 0 atom stereocenters. The van der Waals surface area contributed by atoms with Crippen molar-refractivity contribution in [1.82, 2.24) is 4.90 Å². The van der Waals surface area contributed by atoms with E-state index in [1.165, 1.54) is 4.90 Å². The topological polar surface area (TPSA) is 66.5 Å². The van der Waals surface area contributed by atoms with Crippen molar-refractivity contribution in [1.29, 1.82) is 0 Å². The molecule has 5 nitrogen and oxygen atoms in total. The van der Waals surface area contributed by atoms with E-state index in [2.05, 4.69) is 5.32 Å². The molecule has 1 aliphatic heterocycles. The third kappa shape index (κ3) is 3.23. The van der Waals surface area contributed by atoms with Gasteiger partial charge in [-0.2, -0.15) is 0 Å². The first kappa shape index (κ1) is 14.2. The monoisotopic (exact) mass is 274 g/mol. The molecule has 3 amide bonds. The van der Waals surface area contributed by atoms with Gasteiger partial charge in [-0.15, -0.1) is 0 Å². The van der Waals surface area contributed by atoms with Crippen molar-refractivity contribution < 1.29 is 14.4 Å². The van der Waals surface area contributed by atoms with Crippen LogP contribution in [0.1, 0.15) is 31.7 Å². The van der Waals surface area contributed by atoms with Crippen molar-refractivity contribution in [2.24, 2.45) is 0 Å². The zero-order valence-corrected chi connectivity index (χ0v) is 11.5. The summed E-state index contributed by atoms with van der Waals surface area (Å²) in [6, 6.07) is 7.60. The molecular formula is C15H18N2O3. The molecule has 1 aromatic rings. The highest BCUT2D eigenvalue weighted by Crippen LogP contribution is 2.16. The second-order valence-electron chi connectivity index (χ2n) is 4.75. The first-order valence-corrected chi connectivity index (χ1v) is 6.82. The van der Waals surface area contributed by atoms with E-state index in [1.54, 1.807) is 0 Å². The molecule has 5 heteroatoms. The maximum absolute atomic E-state index is 11.9. The fourth-order valence-electron chi connectivity index (χ4n) is 2.25. The van der Waals surface area contributed by atoms with Crippen LogP contribution >= 0.6 is 0 Å². The van der Waals surface area contributed by atoms with Gasteiger partial charge in [0.15, 0.2) is 0 Å². The number of rotatable bonds is 5. The number of hydrogen-bond donors (Lipinski definition) is 1. The summed E-state index contributed by atoms with van der Waals surface area (Å²) in [6.45, 7) is 2.18. The summed E-state index contributed by atoms with van der Waals surface area (Å²) in [5.41, 5.74) is 1.85. The van der Waals surface area contributed by atoms with Gasteiger partial charge in [0.2, 0.25) is 17.7 Å². The van der Waals surface area contributed by atoms with Crippen molar-refractivity contribution in [2.45, 2.75) is 32.6 Å². The van der Waals surface area contributed by atoms with Crippen LogP contribution in [0.5, 0.6) is 0 Å². The predicted molar refractivity (Wildman–Crippen MR) is 75.0 cm³/mol. The van der Waals surface area contributed by atoms with Gasteiger partial charge in [0.25, 0.3) is 0 Å². The number of likely N-dealkylation sites (tertiary alicyclic amines) is 1. The Balaban J connectivity index is 1.89. The molecule has 0 aromatic heterocycles. The quantitative estimate of drug-likeness (QED) is 0.831. The van der Waals surface area contributed by atoms with Crippen molar-refractivity contribution in [2.75, 3.05) is 11.9 Å². The molecule has 1 fully saturated rings. The number of imide groups is 1. The number of carbonyl (C=O) groups is 3. The van der Waals surface area contributed by atoms with E-state index in [9.17, 15) is 14.4 Å². The Morgan fingerprint density at radius 1 is 1.20 bits per heavy atom. The molecule has 1 heterocycles. The molecule has 106 valence electrons. The second kappa shape index (κ2) is 6.32. The van der Waals surface area contributed by atoms with Gasteiger partial charge in [-0.1, -0.05) is 25.1 Å². The maximum Gasteiger partial charge on any atom is 0.229 e. The number of para-hydroxylation sites is 1. The van der Waals surface area contributed by atoms with E-state index < -0.39 is 0 Å². The average Bonchev–Trinajstić information content (AvgIpc) is 2.76. The first-order valence-electron chi connectivity index (χ1n) is 6.82. The van der Waals surface area contributed by atoms with E-state index in [1.807, 2.05) is 31.2 Å². The van der Waals surface area contributed by atoms with Crippen LogP contribution in [0.2, 0.25) is 0 Å². The molecule has 0 bridgehead atoms. The lowest BCUT2D eigenvalue weighted by atomic mass is 10.1. The number of benzene rings is 1. The SMILES string of the molecule is CCc1ccccc1NC(=O)CCN1C(=O)CCC1=O. The molecule has 0 saturated carbocycles. The summed E-state index contributed by atoms with van der Waals surface area (Å²) in [7, 11) is 0. The molecule has 1 saturated heterocycles. The molecule has 1 aromatic carbocycles. The Morgan fingerprint density at radius 2 is 1.85 bits per heavy atom. The Morgan fingerprint density at radius 3 is 2.50 bits per heavy atom. The molecule has 0 radical (unpaired) electrons. The molecule has 20 heavy (non-hydrogen) atoms. The van der Waals surface area contributed by atoms with Crippen LogP contribution in [0, 0.1) is 0 Å². The smallest absolute Gasteiger partial charge is 0.229 e. The van der Waals surface area contributed by atoms with E-state index in [0.717, 1.165) is 17.7 Å². The summed E-state index contributed by atoms with van der Waals surface area (Å²) in [5.74, 6) is -0.549. The number of nitrogens with zero attached hydrogens (tertiary/aromatic N) is 1. The lowest BCUT2D eigenvalue weighted by Gasteiger charge is -2.14. The number of aryl methyl sites for hydroxylation is 1. The molecule has 0 aliphatic carbocycles. The number of nitrogens with one attached hydrogen (secondary N) is 1. The van der Waals surface area contributed by atoms with E-state index in [-0.39, 0.29) is 43.5 Å². The highest BCUT2D eigenvalue weighted by Gasteiger charge is 2.28. The Hall–Kier alpha value is -2.17. The van der Waals surface area contributed by atoms with E-state index in [0.29, 0.717) is 0 Å². The summed E-state index contributed by atoms with van der Waals surface area (Å²) >= 11 is 0. The van der Waals surface area contributed by atoms with Crippen LogP contribution in [0.3, 0.4) is 0 Å². The highest BCUT2D eigenvalue weighted by atomic mass is 16.2. The minimum Gasteiger partial charge on any atom is -0.326 e. The number of amides is 3. The minimum atomic E-state index is -0.184. The van der Waals surface area contributed by atoms with Crippen LogP contribution in [0.15, 0.2) is 24.3 Å². The van der Waals surface area contributed by atoms with E-state index in [4.69, 9.17) is 0 Å². The lowest BCUT2D eigenvalue weighted by Crippen LogP contribution is -2.32. The summed E-state index contributed by atoms with van der Waals surface area (Å²) in [4.78, 5) is 35.9. The zero-order valence-electron chi connectivity index (χ0n) is 11.5. The molecule has 1 aliphatic rings. The van der Waals surface area contributed by atoms with Crippen molar-refractivity contribution >= 4 is 23.4 Å². The zero-order chi connectivity index (χ0) is 14.5. The number of hydrogen-bond acceptors (Lipinski definition) is 3. The molecule has 0 spiro atoms. The second-order valence-corrected chi connectivity index (χ2v) is 4.75. The number of carbonyl (C=O) groups excluding carboxylic acids is 3. The van der Waals surface area contributed by atoms with Crippen LogP contribution in [0.25, 0.3) is 0 Å². The van der Waals surface area contributed by atoms with Gasteiger partial charge in [0.1, 0.15) is 0 Å². The molecule has 0 unspecified atom stereocenters. The fraction of sp³-hybridized carbons (Fsp3) is 0.400. The Kier molecular flexibility index (Phi) is 4.50. The molecule has 1 N–H and O–H groups in total. The van der Waals surface area contributed by atoms with Crippen molar-refractivity contribution in [3.63, 3.8) is 0 Å². The minimum absolute atomic E-state index is 0.134. The lowest BCUT2D eigenvalue weighted by molar-refractivity contribution is -0.138. The van der Waals surface area contributed by atoms with Gasteiger partial charge in [-0.05, 0) is 18.1 Å². The largest absolute Gasteiger partial charge is 0.326 e. The Bertz CT molecular complexity index is 524. The number of anilines is 1. The van der Waals surface area contributed by atoms with Gasteiger partial charge >= 0.3 is 0 Å². The van der Waals surface area contributed by atoms with Crippen LogP contribution in [-0.4, -0.2) is 29.2 Å². The van der Waals surface area contributed by atoms with E-state index >= 15 is 0 Å². The van der Waals surface area contributed by atoms with Crippen LogP contribution < -0.4 is 5.32 Å². The third-order valence-corrected chi connectivity index (χ3v) is 3.39.